The van der Waals surface area contributed by atoms with Gasteiger partial charge in [-0.3, -0.25) is 4.68 Å². The van der Waals surface area contributed by atoms with E-state index >= 15 is 0 Å². The van der Waals surface area contributed by atoms with Crippen LogP contribution in [0.5, 0.6) is 0 Å². The van der Waals surface area contributed by atoms with Gasteiger partial charge in [0.1, 0.15) is 0 Å². The summed E-state index contributed by atoms with van der Waals surface area (Å²) in [4.78, 5) is 0. The van der Waals surface area contributed by atoms with Gasteiger partial charge in [-0.1, -0.05) is 19.8 Å². The monoisotopic (exact) mass is 239 g/mol. The van der Waals surface area contributed by atoms with Crippen molar-refractivity contribution < 1.29 is 0 Å². The van der Waals surface area contributed by atoms with Crippen molar-refractivity contribution in [2.75, 3.05) is 11.5 Å². The highest BCUT2D eigenvalue weighted by Crippen LogP contribution is 2.31. The molecule has 0 radical (unpaired) electrons. The lowest BCUT2D eigenvalue weighted by Gasteiger charge is -2.26. The first-order valence-corrected chi connectivity index (χ1v) is 7.18. The summed E-state index contributed by atoms with van der Waals surface area (Å²) in [5.74, 6) is 2.07. The maximum Gasteiger partial charge on any atom is 0.0719 e. The number of aryl methyl sites for hydroxylation is 1. The van der Waals surface area contributed by atoms with Gasteiger partial charge >= 0.3 is 0 Å². The molecule has 1 aliphatic rings. The number of nitrogens with zero attached hydrogens (tertiary/aromatic N) is 2. The molecule has 16 heavy (non-hydrogen) atoms. The summed E-state index contributed by atoms with van der Waals surface area (Å²) in [5.41, 5.74) is 6.38. The van der Waals surface area contributed by atoms with E-state index in [0.29, 0.717) is 0 Å². The highest BCUT2D eigenvalue weighted by atomic mass is 32.2. The largest absolute Gasteiger partial charge is 0.396 e. The molecule has 1 saturated carbocycles. The Morgan fingerprint density at radius 3 is 3.12 bits per heavy atom. The van der Waals surface area contributed by atoms with Crippen molar-refractivity contribution >= 4 is 17.4 Å². The van der Waals surface area contributed by atoms with E-state index < -0.39 is 0 Å². The van der Waals surface area contributed by atoms with Gasteiger partial charge in [-0.2, -0.15) is 16.9 Å². The highest BCUT2D eigenvalue weighted by molar-refractivity contribution is 7.99. The van der Waals surface area contributed by atoms with E-state index in [1.807, 2.05) is 10.9 Å². The van der Waals surface area contributed by atoms with Crippen LogP contribution < -0.4 is 5.73 Å². The Bertz CT molecular complexity index is 324. The van der Waals surface area contributed by atoms with Gasteiger partial charge in [0, 0.05) is 17.2 Å². The number of nitrogen functional groups attached to an aromatic ring is 1. The summed E-state index contributed by atoms with van der Waals surface area (Å²) in [5, 5.41) is 5.06. The molecule has 2 rings (SSSR count). The zero-order chi connectivity index (χ0) is 11.4. The molecule has 4 heteroatoms. The predicted octanol–water partition coefficient (Wildman–Crippen LogP) is 2.78. The third kappa shape index (κ3) is 3.44. The first kappa shape index (κ1) is 11.8. The fourth-order valence-electron chi connectivity index (χ4n) is 2.34. The van der Waals surface area contributed by atoms with Gasteiger partial charge in [0.15, 0.2) is 0 Å². The molecule has 1 aromatic rings. The van der Waals surface area contributed by atoms with Crippen LogP contribution in [0.2, 0.25) is 0 Å². The first-order chi connectivity index (χ1) is 7.74. The molecule has 0 bridgehead atoms. The molecule has 90 valence electrons. The van der Waals surface area contributed by atoms with Crippen LogP contribution in [-0.4, -0.2) is 20.8 Å². The minimum Gasteiger partial charge on any atom is -0.396 e. The first-order valence-electron chi connectivity index (χ1n) is 6.13. The Kier molecular flexibility index (Phi) is 4.16. The Balaban J connectivity index is 1.67. The van der Waals surface area contributed by atoms with E-state index in [2.05, 4.69) is 23.8 Å². The zero-order valence-corrected chi connectivity index (χ0v) is 10.7. The van der Waals surface area contributed by atoms with Crippen molar-refractivity contribution in [3.05, 3.63) is 12.4 Å². The summed E-state index contributed by atoms with van der Waals surface area (Å²) >= 11 is 2.10. The van der Waals surface area contributed by atoms with Crippen molar-refractivity contribution in [1.29, 1.82) is 0 Å². The molecular weight excluding hydrogens is 218 g/mol. The Morgan fingerprint density at radius 2 is 2.44 bits per heavy atom. The van der Waals surface area contributed by atoms with Gasteiger partial charge in [0.25, 0.3) is 0 Å². The van der Waals surface area contributed by atoms with Crippen LogP contribution in [0.1, 0.15) is 32.6 Å². The summed E-state index contributed by atoms with van der Waals surface area (Å²) in [7, 11) is 0. The van der Waals surface area contributed by atoms with Crippen molar-refractivity contribution in [2.24, 2.45) is 5.92 Å². The zero-order valence-electron chi connectivity index (χ0n) is 9.93. The highest BCUT2D eigenvalue weighted by Gasteiger charge is 2.18. The molecule has 0 saturated heterocycles. The van der Waals surface area contributed by atoms with Gasteiger partial charge in [0.2, 0.25) is 0 Å². The normalized spacial score (nSPS) is 25.8. The average Bonchev–Trinajstić information content (AvgIpc) is 2.64. The molecule has 1 aliphatic carbocycles. The van der Waals surface area contributed by atoms with Crippen molar-refractivity contribution in [3.63, 3.8) is 0 Å². The van der Waals surface area contributed by atoms with Crippen molar-refractivity contribution in [1.82, 2.24) is 9.78 Å². The number of rotatable bonds is 4. The SMILES string of the molecule is CC1CCCC(SCCn2cc(N)cn2)C1. The third-order valence-electron chi connectivity index (χ3n) is 3.22. The quantitative estimate of drug-likeness (QED) is 0.878. The molecule has 0 aromatic carbocycles. The molecule has 0 spiro atoms. The van der Waals surface area contributed by atoms with Crippen LogP contribution in [0.25, 0.3) is 0 Å². The predicted molar refractivity (Wildman–Crippen MR) is 70.5 cm³/mol. The smallest absolute Gasteiger partial charge is 0.0719 e. The molecule has 0 amide bonds. The van der Waals surface area contributed by atoms with E-state index in [1.54, 1.807) is 6.20 Å². The minimum absolute atomic E-state index is 0.760. The fraction of sp³-hybridized carbons (Fsp3) is 0.750. The van der Waals surface area contributed by atoms with Crippen LogP contribution in [-0.2, 0) is 6.54 Å². The summed E-state index contributed by atoms with van der Waals surface area (Å²) in [6, 6.07) is 0. The Morgan fingerprint density at radius 1 is 1.56 bits per heavy atom. The number of hydrogen-bond donors (Lipinski definition) is 1. The summed E-state index contributed by atoms with van der Waals surface area (Å²) in [6.07, 6.45) is 9.25. The standard InChI is InChI=1S/C12H21N3S/c1-10-3-2-4-12(7-10)16-6-5-15-9-11(13)8-14-15/h8-10,12H,2-7,13H2,1H3. The molecule has 3 nitrogen and oxygen atoms in total. The molecule has 2 unspecified atom stereocenters. The van der Waals surface area contributed by atoms with E-state index in [1.165, 1.54) is 25.7 Å². The lowest BCUT2D eigenvalue weighted by molar-refractivity contribution is 0.394. The van der Waals surface area contributed by atoms with Crippen LogP contribution in [0.3, 0.4) is 0 Å². The average molecular weight is 239 g/mol. The summed E-state index contributed by atoms with van der Waals surface area (Å²) < 4.78 is 1.94. The van der Waals surface area contributed by atoms with Crippen LogP contribution in [0, 0.1) is 5.92 Å². The molecule has 0 aliphatic heterocycles. The number of nitrogens with two attached hydrogens (primary N) is 1. The topological polar surface area (TPSA) is 43.8 Å². The Hall–Kier alpha value is -0.640. The lowest BCUT2D eigenvalue weighted by Crippen LogP contribution is -2.16. The molecule has 1 fully saturated rings. The van der Waals surface area contributed by atoms with Crippen molar-refractivity contribution in [3.8, 4) is 0 Å². The van der Waals surface area contributed by atoms with Gasteiger partial charge in [-0.25, -0.2) is 0 Å². The van der Waals surface area contributed by atoms with Gasteiger partial charge in [-0.15, -0.1) is 0 Å². The maximum atomic E-state index is 5.62. The van der Waals surface area contributed by atoms with Crippen molar-refractivity contribution in [2.45, 2.75) is 44.4 Å². The molecule has 2 N–H and O–H groups in total. The maximum absolute atomic E-state index is 5.62. The molecule has 2 atom stereocenters. The number of anilines is 1. The Labute approximate surface area is 102 Å². The van der Waals surface area contributed by atoms with E-state index in [-0.39, 0.29) is 0 Å². The third-order valence-corrected chi connectivity index (χ3v) is 4.53. The molecule has 1 aromatic heterocycles. The number of aromatic nitrogens is 2. The summed E-state index contributed by atoms with van der Waals surface area (Å²) in [6.45, 7) is 3.35. The van der Waals surface area contributed by atoms with Gasteiger partial charge in [-0.05, 0) is 18.8 Å². The second-order valence-corrected chi connectivity index (χ2v) is 6.21. The lowest BCUT2D eigenvalue weighted by atomic mass is 9.91. The van der Waals surface area contributed by atoms with E-state index in [0.717, 1.165) is 29.2 Å². The van der Waals surface area contributed by atoms with Crippen LogP contribution in [0.15, 0.2) is 12.4 Å². The van der Waals surface area contributed by atoms with Crippen LogP contribution in [0.4, 0.5) is 5.69 Å². The van der Waals surface area contributed by atoms with E-state index in [9.17, 15) is 0 Å². The molecule has 1 heterocycles. The van der Waals surface area contributed by atoms with Crippen LogP contribution >= 0.6 is 11.8 Å². The van der Waals surface area contributed by atoms with E-state index in [4.69, 9.17) is 5.73 Å². The fourth-order valence-corrected chi connectivity index (χ4v) is 3.77. The second kappa shape index (κ2) is 5.62. The molecular formula is C12H21N3S. The van der Waals surface area contributed by atoms with Gasteiger partial charge in [0.05, 0.1) is 18.4 Å². The van der Waals surface area contributed by atoms with Gasteiger partial charge < -0.3 is 5.73 Å². The second-order valence-electron chi connectivity index (χ2n) is 4.80. The number of hydrogen-bond acceptors (Lipinski definition) is 3. The minimum atomic E-state index is 0.760. The number of thioether (sulfide) groups is 1.